The van der Waals surface area contributed by atoms with E-state index in [4.69, 9.17) is 5.73 Å². The van der Waals surface area contributed by atoms with Crippen molar-refractivity contribution < 1.29 is 0 Å². The highest BCUT2D eigenvalue weighted by molar-refractivity contribution is 9.10. The minimum atomic E-state index is 0.238. The molecule has 0 atom stereocenters. The predicted octanol–water partition coefficient (Wildman–Crippen LogP) is 3.05. The van der Waals surface area contributed by atoms with E-state index in [2.05, 4.69) is 36.2 Å². The molecule has 0 aliphatic rings. The maximum Gasteiger partial charge on any atom is 0.224 e. The summed E-state index contributed by atoms with van der Waals surface area (Å²) in [4.78, 5) is 11.4. The summed E-state index contributed by atoms with van der Waals surface area (Å²) in [6.45, 7) is 0. The van der Waals surface area contributed by atoms with Crippen LogP contribution in [0.4, 0.5) is 17.5 Å². The van der Waals surface area contributed by atoms with Gasteiger partial charge in [-0.25, -0.2) is 0 Å². The Morgan fingerprint density at radius 3 is 2.94 bits per heavy atom. The molecule has 2 aromatic heterocycles. The summed E-state index contributed by atoms with van der Waals surface area (Å²) < 4.78 is 1.000. The summed E-state index contributed by atoms with van der Waals surface area (Å²) in [7, 11) is 0. The van der Waals surface area contributed by atoms with Crippen molar-refractivity contribution in [2.45, 2.75) is 0 Å². The van der Waals surface area contributed by atoms with E-state index >= 15 is 0 Å². The Kier molecular flexibility index (Phi) is 2.64. The Morgan fingerprint density at radius 2 is 2.11 bits per heavy atom. The van der Waals surface area contributed by atoms with Crippen molar-refractivity contribution in [1.82, 2.24) is 15.0 Å². The number of hydrogen-bond donors (Lipinski definition) is 3. The van der Waals surface area contributed by atoms with Crippen molar-refractivity contribution in [3.63, 3.8) is 0 Å². The van der Waals surface area contributed by atoms with Crippen molar-refractivity contribution in [3.8, 4) is 0 Å². The number of nitrogen functional groups attached to an aromatic ring is 1. The summed E-state index contributed by atoms with van der Waals surface area (Å²) in [5.41, 5.74) is 7.33. The van der Waals surface area contributed by atoms with Gasteiger partial charge in [0.2, 0.25) is 5.95 Å². The van der Waals surface area contributed by atoms with Crippen molar-refractivity contribution >= 4 is 44.4 Å². The quantitative estimate of drug-likeness (QED) is 0.680. The Bertz CT molecular complexity index is 707. The minimum Gasteiger partial charge on any atom is -0.368 e. The van der Waals surface area contributed by atoms with Crippen molar-refractivity contribution in [3.05, 3.63) is 41.0 Å². The molecule has 2 heterocycles. The van der Waals surface area contributed by atoms with E-state index in [1.54, 1.807) is 0 Å². The number of aromatic nitrogens is 3. The van der Waals surface area contributed by atoms with E-state index in [9.17, 15) is 0 Å². The predicted molar refractivity (Wildman–Crippen MR) is 75.7 cm³/mol. The van der Waals surface area contributed by atoms with Crippen LogP contribution in [0.1, 0.15) is 0 Å². The molecule has 0 amide bonds. The van der Waals surface area contributed by atoms with Crippen LogP contribution >= 0.6 is 15.9 Å². The lowest BCUT2D eigenvalue weighted by Crippen LogP contribution is -2.00. The van der Waals surface area contributed by atoms with Crippen LogP contribution in [0, 0.1) is 0 Å². The third-order valence-electron chi connectivity index (χ3n) is 2.52. The molecule has 1 aromatic carbocycles. The molecule has 0 spiro atoms. The lowest BCUT2D eigenvalue weighted by atomic mass is 10.3. The van der Waals surface area contributed by atoms with E-state index < -0.39 is 0 Å². The molecule has 0 radical (unpaired) electrons. The molecular weight excluding hydrogens is 294 g/mol. The lowest BCUT2D eigenvalue weighted by Gasteiger charge is -2.07. The average molecular weight is 304 g/mol. The van der Waals surface area contributed by atoms with Gasteiger partial charge in [-0.2, -0.15) is 9.97 Å². The highest BCUT2D eigenvalue weighted by Gasteiger charge is 2.07. The molecule has 0 bridgehead atoms. The fourth-order valence-electron chi connectivity index (χ4n) is 1.76. The Labute approximate surface area is 112 Å². The number of H-pyrrole nitrogens is 1. The van der Waals surface area contributed by atoms with Crippen molar-refractivity contribution in [2.24, 2.45) is 0 Å². The first-order chi connectivity index (χ1) is 8.72. The Morgan fingerprint density at radius 1 is 1.22 bits per heavy atom. The number of nitrogens with zero attached hydrogens (tertiary/aromatic N) is 2. The van der Waals surface area contributed by atoms with Gasteiger partial charge < -0.3 is 16.0 Å². The van der Waals surface area contributed by atoms with Gasteiger partial charge in [-0.3, -0.25) is 0 Å². The third-order valence-corrected chi connectivity index (χ3v) is 3.01. The smallest absolute Gasteiger partial charge is 0.224 e. The van der Waals surface area contributed by atoms with Crippen LogP contribution < -0.4 is 11.1 Å². The van der Waals surface area contributed by atoms with Crippen LogP contribution in [0.2, 0.25) is 0 Å². The molecule has 0 aliphatic carbocycles. The van der Waals surface area contributed by atoms with Crippen LogP contribution in [0.5, 0.6) is 0 Å². The first-order valence-corrected chi connectivity index (χ1v) is 6.15. The van der Waals surface area contributed by atoms with E-state index in [1.807, 2.05) is 36.5 Å². The lowest BCUT2D eigenvalue weighted by molar-refractivity contribution is 1.21. The standard InChI is InChI=1S/C12H10BrN5/c13-7-2-1-3-8(6-7)16-11-9-4-5-15-10(9)17-12(14)18-11/h1-6H,(H4,14,15,16,17,18). The molecule has 0 saturated heterocycles. The van der Waals surface area contributed by atoms with Gasteiger partial charge in [0.1, 0.15) is 11.5 Å². The van der Waals surface area contributed by atoms with Crippen LogP contribution in [-0.4, -0.2) is 15.0 Å². The monoisotopic (exact) mass is 303 g/mol. The Balaban J connectivity index is 2.06. The number of benzene rings is 1. The second-order valence-electron chi connectivity index (χ2n) is 3.81. The number of anilines is 3. The SMILES string of the molecule is Nc1nc(Nc2cccc(Br)c2)c2cc[nH]c2n1. The van der Waals surface area contributed by atoms with Crippen molar-refractivity contribution in [1.29, 1.82) is 0 Å². The van der Waals surface area contributed by atoms with Crippen LogP contribution in [-0.2, 0) is 0 Å². The third kappa shape index (κ3) is 2.02. The number of fused-ring (bicyclic) bond motifs is 1. The number of nitrogens with one attached hydrogen (secondary N) is 2. The molecule has 3 aromatic rings. The highest BCUT2D eigenvalue weighted by Crippen LogP contribution is 2.25. The molecule has 5 nitrogen and oxygen atoms in total. The van der Waals surface area contributed by atoms with E-state index in [0.717, 1.165) is 21.2 Å². The second-order valence-corrected chi connectivity index (χ2v) is 4.72. The van der Waals surface area contributed by atoms with E-state index in [0.29, 0.717) is 5.82 Å². The van der Waals surface area contributed by atoms with Gasteiger partial charge in [0, 0.05) is 16.4 Å². The molecule has 0 aliphatic heterocycles. The number of rotatable bonds is 2. The van der Waals surface area contributed by atoms with Crippen LogP contribution in [0.15, 0.2) is 41.0 Å². The van der Waals surface area contributed by atoms with Gasteiger partial charge in [-0.1, -0.05) is 22.0 Å². The van der Waals surface area contributed by atoms with E-state index in [1.165, 1.54) is 0 Å². The average Bonchev–Trinajstić information content (AvgIpc) is 2.77. The zero-order chi connectivity index (χ0) is 12.5. The summed E-state index contributed by atoms with van der Waals surface area (Å²) in [6.07, 6.45) is 1.81. The van der Waals surface area contributed by atoms with Gasteiger partial charge in [-0.05, 0) is 24.3 Å². The molecule has 90 valence electrons. The zero-order valence-corrected chi connectivity index (χ0v) is 10.9. The molecule has 0 fully saturated rings. The summed E-state index contributed by atoms with van der Waals surface area (Å²) in [6, 6.07) is 9.75. The molecule has 3 rings (SSSR count). The first kappa shape index (κ1) is 11.0. The largest absolute Gasteiger partial charge is 0.368 e. The van der Waals surface area contributed by atoms with Gasteiger partial charge in [-0.15, -0.1) is 0 Å². The molecule has 0 saturated carbocycles. The molecule has 18 heavy (non-hydrogen) atoms. The maximum absolute atomic E-state index is 5.68. The molecular formula is C12H10BrN5. The van der Waals surface area contributed by atoms with Gasteiger partial charge in [0.05, 0.1) is 5.39 Å². The fourth-order valence-corrected chi connectivity index (χ4v) is 2.16. The molecule has 6 heteroatoms. The van der Waals surface area contributed by atoms with Gasteiger partial charge >= 0.3 is 0 Å². The first-order valence-electron chi connectivity index (χ1n) is 5.35. The van der Waals surface area contributed by atoms with Gasteiger partial charge in [0.25, 0.3) is 0 Å². The minimum absolute atomic E-state index is 0.238. The van der Waals surface area contributed by atoms with Gasteiger partial charge in [0.15, 0.2) is 0 Å². The summed E-state index contributed by atoms with van der Waals surface area (Å²) in [5, 5.41) is 4.14. The van der Waals surface area contributed by atoms with E-state index in [-0.39, 0.29) is 5.95 Å². The molecule has 4 N–H and O–H groups in total. The Hall–Kier alpha value is -2.08. The number of aromatic amines is 1. The maximum atomic E-state index is 5.68. The zero-order valence-electron chi connectivity index (χ0n) is 9.31. The van der Waals surface area contributed by atoms with Crippen LogP contribution in [0.25, 0.3) is 11.0 Å². The summed E-state index contributed by atoms with van der Waals surface area (Å²) in [5.74, 6) is 0.930. The number of halogens is 1. The van der Waals surface area contributed by atoms with Crippen LogP contribution in [0.3, 0.4) is 0 Å². The topological polar surface area (TPSA) is 79.6 Å². The summed E-state index contributed by atoms with van der Waals surface area (Å²) >= 11 is 3.43. The molecule has 0 unspecified atom stereocenters. The number of hydrogen-bond acceptors (Lipinski definition) is 4. The number of nitrogens with two attached hydrogens (primary N) is 1. The highest BCUT2D eigenvalue weighted by atomic mass is 79.9. The second kappa shape index (κ2) is 4.30. The van der Waals surface area contributed by atoms with Crippen molar-refractivity contribution in [2.75, 3.05) is 11.1 Å². The normalized spacial score (nSPS) is 10.7. The fraction of sp³-hybridized carbons (Fsp3) is 0.